The molecule has 0 fully saturated rings. The van der Waals surface area contributed by atoms with Crippen LogP contribution in [0.2, 0.25) is 5.02 Å². The Balaban J connectivity index is 1.72. The summed E-state index contributed by atoms with van der Waals surface area (Å²) in [7, 11) is 5.46. The molecule has 0 unspecified atom stereocenters. The van der Waals surface area contributed by atoms with Crippen LogP contribution < -0.4 is 20.1 Å². The van der Waals surface area contributed by atoms with E-state index in [0.29, 0.717) is 52.5 Å². The van der Waals surface area contributed by atoms with E-state index >= 15 is 0 Å². The third-order valence-corrected chi connectivity index (χ3v) is 5.65. The lowest BCUT2D eigenvalue weighted by Crippen LogP contribution is -2.20. The Morgan fingerprint density at radius 1 is 1.14 bits per heavy atom. The first-order valence-electron chi connectivity index (χ1n) is 11.4. The van der Waals surface area contributed by atoms with E-state index in [1.165, 1.54) is 6.08 Å². The Labute approximate surface area is 220 Å². The van der Waals surface area contributed by atoms with Crippen molar-refractivity contribution < 1.29 is 14.3 Å². The Morgan fingerprint density at radius 2 is 1.97 bits per heavy atom. The summed E-state index contributed by atoms with van der Waals surface area (Å²) in [5.74, 6) is 0.926. The summed E-state index contributed by atoms with van der Waals surface area (Å²) in [6.45, 7) is 4.65. The van der Waals surface area contributed by atoms with Crippen LogP contribution in [0.1, 0.15) is 0 Å². The molecule has 1 amide bonds. The number of aromatic nitrogens is 3. The monoisotopic (exact) mass is 518 g/mol. The zero-order valence-corrected chi connectivity index (χ0v) is 21.5. The van der Waals surface area contributed by atoms with E-state index in [2.05, 4.69) is 27.2 Å². The molecular weight excluding hydrogens is 492 g/mol. The van der Waals surface area contributed by atoms with E-state index in [4.69, 9.17) is 26.1 Å². The summed E-state index contributed by atoms with van der Waals surface area (Å²) >= 11 is 6.21. The van der Waals surface area contributed by atoms with E-state index in [-0.39, 0.29) is 5.91 Å². The number of likely N-dealkylation sites (N-methyl/N-ethyl adjacent to an activating group) is 1. The summed E-state index contributed by atoms with van der Waals surface area (Å²) in [5.41, 5.74) is 3.41. The topological polar surface area (TPSA) is 102 Å². The number of pyridine rings is 1. The van der Waals surface area contributed by atoms with Crippen molar-refractivity contribution in [2.24, 2.45) is 0 Å². The number of methoxy groups -OCH3 is 1. The maximum Gasteiger partial charge on any atom is 0.247 e. The summed E-state index contributed by atoms with van der Waals surface area (Å²) in [4.78, 5) is 27.6. The van der Waals surface area contributed by atoms with Crippen LogP contribution in [0, 0.1) is 0 Å². The molecule has 190 valence electrons. The number of carbonyl (C=O) groups is 1. The molecule has 4 rings (SSSR count). The predicted molar refractivity (Wildman–Crippen MR) is 147 cm³/mol. The van der Waals surface area contributed by atoms with E-state index in [9.17, 15) is 4.79 Å². The molecule has 2 aromatic heterocycles. The third kappa shape index (κ3) is 6.32. The van der Waals surface area contributed by atoms with Crippen molar-refractivity contribution in [3.05, 3.63) is 72.7 Å². The van der Waals surface area contributed by atoms with Gasteiger partial charge in [-0.25, -0.2) is 9.97 Å². The molecule has 0 saturated carbocycles. The Morgan fingerprint density at radius 3 is 2.70 bits per heavy atom. The number of nitrogens with zero attached hydrogens (tertiary/aromatic N) is 4. The quantitative estimate of drug-likeness (QED) is 0.277. The second-order valence-electron chi connectivity index (χ2n) is 8.35. The molecule has 0 atom stereocenters. The van der Waals surface area contributed by atoms with Gasteiger partial charge in [-0.1, -0.05) is 30.3 Å². The first-order valence-corrected chi connectivity index (χ1v) is 11.8. The molecule has 9 nitrogen and oxygen atoms in total. The van der Waals surface area contributed by atoms with Gasteiger partial charge in [-0.3, -0.25) is 9.78 Å². The third-order valence-electron chi connectivity index (χ3n) is 5.41. The molecule has 4 aromatic rings. The van der Waals surface area contributed by atoms with Crippen molar-refractivity contribution in [2.75, 3.05) is 45.0 Å². The van der Waals surface area contributed by atoms with E-state index < -0.39 is 0 Å². The van der Waals surface area contributed by atoms with E-state index in [0.717, 1.165) is 16.5 Å². The van der Waals surface area contributed by atoms with Crippen LogP contribution in [0.3, 0.4) is 0 Å². The van der Waals surface area contributed by atoms with Gasteiger partial charge < -0.3 is 25.0 Å². The molecule has 10 heteroatoms. The summed E-state index contributed by atoms with van der Waals surface area (Å²) < 4.78 is 11.5. The van der Waals surface area contributed by atoms with Gasteiger partial charge in [-0.15, -0.1) is 0 Å². The van der Waals surface area contributed by atoms with Gasteiger partial charge in [-0.2, -0.15) is 0 Å². The van der Waals surface area contributed by atoms with Gasteiger partial charge in [-0.05, 0) is 43.9 Å². The second-order valence-corrected chi connectivity index (χ2v) is 8.78. The number of amides is 1. The normalized spacial score (nSPS) is 10.8. The number of nitrogens with one attached hydrogen (secondary N) is 2. The molecule has 0 aliphatic rings. The Bertz CT molecular complexity index is 1440. The summed E-state index contributed by atoms with van der Waals surface area (Å²) in [6, 6.07) is 10.9. The zero-order chi connectivity index (χ0) is 26.4. The lowest BCUT2D eigenvalue weighted by molar-refractivity contribution is -0.111. The fraction of sp³-hybridized carbons (Fsp3) is 0.185. The maximum atomic E-state index is 12.1. The number of benzene rings is 2. The summed E-state index contributed by atoms with van der Waals surface area (Å²) in [6.07, 6.45) is 6.33. The number of fused-ring (bicyclic) bond motifs is 1. The molecule has 0 aliphatic heterocycles. The Kier molecular flexibility index (Phi) is 8.17. The van der Waals surface area contributed by atoms with Crippen LogP contribution in [0.4, 0.5) is 17.3 Å². The number of ether oxygens (including phenoxy) is 2. The van der Waals surface area contributed by atoms with Gasteiger partial charge in [0.15, 0.2) is 0 Å². The number of carbonyl (C=O) groups excluding carboxylic acids is 1. The summed E-state index contributed by atoms with van der Waals surface area (Å²) in [5, 5.41) is 7.39. The largest absolute Gasteiger partial charge is 0.494 e. The highest BCUT2D eigenvalue weighted by atomic mass is 35.5. The van der Waals surface area contributed by atoms with Gasteiger partial charge in [0.25, 0.3) is 0 Å². The number of hydrogen-bond acceptors (Lipinski definition) is 8. The molecule has 2 N–H and O–H groups in total. The SMILES string of the molecule is C=CC(=O)Nc1cc(Nc2ncc3cncc(-c4cccc(Cl)c4)c3n2)c(OC)cc1OCCN(C)C. The van der Waals surface area contributed by atoms with Crippen molar-refractivity contribution in [1.82, 2.24) is 19.9 Å². The minimum Gasteiger partial charge on any atom is -0.494 e. The standard InChI is InChI=1S/C27H27ClN6O3/c1-5-25(35)31-22-12-21(23(36-4)13-24(22)37-10-9-34(2)3)32-27-30-15-18-14-29-16-20(26(18)33-27)17-7-6-8-19(28)11-17/h5-8,11-16H,1,9-10H2,2-4H3,(H,31,35)(H,30,32,33). The maximum absolute atomic E-state index is 12.1. The molecule has 0 radical (unpaired) electrons. The van der Waals surface area contributed by atoms with Crippen molar-refractivity contribution >= 4 is 45.7 Å². The van der Waals surface area contributed by atoms with Crippen LogP contribution in [0.25, 0.3) is 22.0 Å². The van der Waals surface area contributed by atoms with Gasteiger partial charge in [0.05, 0.1) is 24.0 Å². The molecular formula is C27H27ClN6O3. The molecule has 2 heterocycles. The first kappa shape index (κ1) is 25.9. The fourth-order valence-corrected chi connectivity index (χ4v) is 3.76. The Hall–Kier alpha value is -4.21. The van der Waals surface area contributed by atoms with Crippen LogP contribution in [0.5, 0.6) is 11.5 Å². The van der Waals surface area contributed by atoms with Crippen molar-refractivity contribution in [1.29, 1.82) is 0 Å². The fourth-order valence-electron chi connectivity index (χ4n) is 3.57. The van der Waals surface area contributed by atoms with Gasteiger partial charge in [0.1, 0.15) is 18.1 Å². The van der Waals surface area contributed by atoms with Gasteiger partial charge >= 0.3 is 0 Å². The lowest BCUT2D eigenvalue weighted by atomic mass is 10.1. The number of rotatable bonds is 10. The molecule has 0 saturated heterocycles. The van der Waals surface area contributed by atoms with E-state index in [1.807, 2.05) is 43.3 Å². The van der Waals surface area contributed by atoms with Crippen molar-refractivity contribution in [3.8, 4) is 22.6 Å². The highest BCUT2D eigenvalue weighted by molar-refractivity contribution is 6.30. The number of anilines is 3. The second kappa shape index (κ2) is 11.7. The molecule has 0 spiro atoms. The molecule has 0 bridgehead atoms. The zero-order valence-electron chi connectivity index (χ0n) is 20.8. The number of halogens is 1. The highest BCUT2D eigenvalue weighted by Gasteiger charge is 2.16. The van der Waals surface area contributed by atoms with Crippen LogP contribution in [-0.2, 0) is 4.79 Å². The smallest absolute Gasteiger partial charge is 0.247 e. The van der Waals surface area contributed by atoms with Crippen molar-refractivity contribution in [2.45, 2.75) is 0 Å². The molecule has 0 aliphatic carbocycles. The average Bonchev–Trinajstić information content (AvgIpc) is 2.89. The van der Waals surface area contributed by atoms with Gasteiger partial charge in [0, 0.05) is 47.2 Å². The molecule has 37 heavy (non-hydrogen) atoms. The van der Waals surface area contributed by atoms with Gasteiger partial charge in [0.2, 0.25) is 11.9 Å². The first-order chi connectivity index (χ1) is 17.9. The minimum atomic E-state index is -0.366. The van der Waals surface area contributed by atoms with Crippen LogP contribution in [0.15, 0.2) is 67.6 Å². The molecule has 2 aromatic carbocycles. The number of hydrogen-bond donors (Lipinski definition) is 2. The lowest BCUT2D eigenvalue weighted by Gasteiger charge is -2.18. The average molecular weight is 519 g/mol. The minimum absolute atomic E-state index is 0.336. The predicted octanol–water partition coefficient (Wildman–Crippen LogP) is 5.16. The van der Waals surface area contributed by atoms with E-state index in [1.54, 1.807) is 37.8 Å². The van der Waals surface area contributed by atoms with Crippen LogP contribution >= 0.6 is 11.6 Å². The van der Waals surface area contributed by atoms with Crippen LogP contribution in [-0.4, -0.2) is 60.1 Å². The highest BCUT2D eigenvalue weighted by Crippen LogP contribution is 2.38. The van der Waals surface area contributed by atoms with Crippen molar-refractivity contribution in [3.63, 3.8) is 0 Å².